The van der Waals surface area contributed by atoms with Gasteiger partial charge in [-0.05, 0) is 42.7 Å². The zero-order chi connectivity index (χ0) is 21.6. The molecule has 6 nitrogen and oxygen atoms in total. The predicted octanol–water partition coefficient (Wildman–Crippen LogP) is 4.31. The molecule has 8 heteroatoms. The van der Waals surface area contributed by atoms with E-state index in [9.17, 15) is 18.3 Å². The fourth-order valence-corrected chi connectivity index (χ4v) is 5.27. The van der Waals surface area contributed by atoms with Crippen molar-refractivity contribution in [1.82, 2.24) is 4.57 Å². The minimum absolute atomic E-state index is 0.0383. The summed E-state index contributed by atoms with van der Waals surface area (Å²) in [6.07, 6.45) is 0.745. The average molecular weight is 445 g/mol. The lowest BCUT2D eigenvalue weighted by molar-refractivity contribution is 0.474. The number of halogens is 1. The normalized spacial score (nSPS) is 15.3. The van der Waals surface area contributed by atoms with E-state index in [1.807, 2.05) is 0 Å². The molecule has 0 aliphatic carbocycles. The number of nitrogens with zero attached hydrogens (tertiary/aromatic N) is 2. The molecule has 0 fully saturated rings. The van der Waals surface area contributed by atoms with Crippen LogP contribution in [0.2, 0.25) is 5.02 Å². The van der Waals surface area contributed by atoms with E-state index in [1.54, 1.807) is 41.0 Å². The summed E-state index contributed by atoms with van der Waals surface area (Å²) in [7, 11) is -3.69. The Morgan fingerprint density at radius 3 is 2.67 bits per heavy atom. The highest BCUT2D eigenvalue weighted by molar-refractivity contribution is 7.92. The molecule has 30 heavy (non-hydrogen) atoms. The molecule has 0 atom stereocenters. The van der Waals surface area contributed by atoms with Crippen LogP contribution in [0.15, 0.2) is 57.1 Å². The van der Waals surface area contributed by atoms with Gasteiger partial charge in [-0.1, -0.05) is 37.6 Å². The Kier molecular flexibility index (Phi) is 5.20. The van der Waals surface area contributed by atoms with Gasteiger partial charge in [-0.25, -0.2) is 8.42 Å². The van der Waals surface area contributed by atoms with Crippen LogP contribution in [0, 0.1) is 5.92 Å². The summed E-state index contributed by atoms with van der Waals surface area (Å²) in [6, 6.07) is 11.3. The number of hydrogen-bond acceptors (Lipinski definition) is 5. The van der Waals surface area contributed by atoms with Crippen LogP contribution in [0.5, 0.6) is 5.75 Å². The summed E-state index contributed by atoms with van der Waals surface area (Å²) in [5.74, 6) is -0.398. The smallest absolute Gasteiger partial charge is 0.263 e. The summed E-state index contributed by atoms with van der Waals surface area (Å²) in [4.78, 5) is 18.0. The quantitative estimate of drug-likeness (QED) is 0.649. The van der Waals surface area contributed by atoms with Crippen LogP contribution >= 0.6 is 11.6 Å². The summed E-state index contributed by atoms with van der Waals surface area (Å²) < 4.78 is 27.2. The van der Waals surface area contributed by atoms with Crippen molar-refractivity contribution in [1.29, 1.82) is 0 Å². The van der Waals surface area contributed by atoms with Gasteiger partial charge in [0.15, 0.2) is 9.84 Å². The van der Waals surface area contributed by atoms with Crippen LogP contribution in [-0.2, 0) is 16.4 Å². The van der Waals surface area contributed by atoms with E-state index in [-0.39, 0.29) is 27.6 Å². The summed E-state index contributed by atoms with van der Waals surface area (Å²) in [5, 5.41) is 11.8. The van der Waals surface area contributed by atoms with Gasteiger partial charge < -0.3 is 9.67 Å². The fraction of sp³-hybridized carbons (Fsp3) is 0.273. The van der Waals surface area contributed by atoms with Crippen LogP contribution in [0.1, 0.15) is 25.8 Å². The SMILES string of the molecule is CC(C)CCn1c(=O)c(C2=Nc3ccccc3S(=O)(=O)C2)c(O)c2cc(Cl)ccc21. The average Bonchev–Trinajstić information content (AvgIpc) is 2.67. The molecule has 1 aromatic heterocycles. The van der Waals surface area contributed by atoms with Crippen LogP contribution in [0.3, 0.4) is 0 Å². The van der Waals surface area contributed by atoms with Crippen molar-refractivity contribution in [2.75, 3.05) is 5.75 Å². The number of para-hydroxylation sites is 1. The summed E-state index contributed by atoms with van der Waals surface area (Å²) >= 11 is 6.14. The van der Waals surface area contributed by atoms with E-state index in [2.05, 4.69) is 18.8 Å². The van der Waals surface area contributed by atoms with Crippen LogP contribution in [-0.4, -0.2) is 29.6 Å². The molecule has 4 rings (SSSR count). The predicted molar refractivity (Wildman–Crippen MR) is 119 cm³/mol. The molecule has 1 aliphatic heterocycles. The van der Waals surface area contributed by atoms with E-state index >= 15 is 0 Å². The van der Waals surface area contributed by atoms with E-state index in [0.29, 0.717) is 28.4 Å². The van der Waals surface area contributed by atoms with Gasteiger partial charge in [-0.2, -0.15) is 0 Å². The molecule has 2 aromatic carbocycles. The zero-order valence-corrected chi connectivity index (χ0v) is 18.2. The topological polar surface area (TPSA) is 88.7 Å². The van der Waals surface area contributed by atoms with Gasteiger partial charge >= 0.3 is 0 Å². The van der Waals surface area contributed by atoms with Crippen molar-refractivity contribution >= 4 is 43.7 Å². The Morgan fingerprint density at radius 2 is 1.93 bits per heavy atom. The maximum Gasteiger partial charge on any atom is 0.263 e. The number of pyridine rings is 1. The Hall–Kier alpha value is -2.64. The van der Waals surface area contributed by atoms with E-state index in [1.165, 1.54) is 6.07 Å². The van der Waals surface area contributed by atoms with Gasteiger partial charge in [-0.15, -0.1) is 0 Å². The molecule has 0 radical (unpaired) electrons. The molecule has 0 bridgehead atoms. The molecule has 2 heterocycles. The van der Waals surface area contributed by atoms with Crippen molar-refractivity contribution in [2.45, 2.75) is 31.7 Å². The van der Waals surface area contributed by atoms with Crippen molar-refractivity contribution in [3.05, 3.63) is 63.4 Å². The van der Waals surface area contributed by atoms with Crippen LogP contribution < -0.4 is 5.56 Å². The number of sulfone groups is 1. The van der Waals surface area contributed by atoms with Crippen molar-refractivity contribution in [2.24, 2.45) is 10.9 Å². The molecule has 0 unspecified atom stereocenters. The highest BCUT2D eigenvalue weighted by atomic mass is 35.5. The van der Waals surface area contributed by atoms with Crippen molar-refractivity contribution in [3.63, 3.8) is 0 Å². The molecule has 1 aliphatic rings. The molecule has 0 spiro atoms. The minimum atomic E-state index is -3.69. The van der Waals surface area contributed by atoms with Crippen LogP contribution in [0.25, 0.3) is 10.9 Å². The van der Waals surface area contributed by atoms with Gasteiger partial charge in [0.2, 0.25) is 0 Å². The second-order valence-corrected chi connectivity index (χ2v) is 10.2. The standard InChI is InChI=1S/C22H21ClN2O4S/c1-13(2)9-10-25-18-8-7-14(23)11-15(18)21(26)20(22(25)27)17-12-30(28,29)19-6-4-3-5-16(19)24-17/h3-8,11,13,26H,9-10,12H2,1-2H3. The zero-order valence-electron chi connectivity index (χ0n) is 16.6. The Bertz CT molecular complexity index is 1360. The molecule has 3 aromatic rings. The summed E-state index contributed by atoms with van der Waals surface area (Å²) in [6.45, 7) is 4.54. The fourth-order valence-electron chi connectivity index (χ4n) is 3.66. The van der Waals surface area contributed by atoms with Crippen molar-refractivity contribution in [3.8, 4) is 5.75 Å². The minimum Gasteiger partial charge on any atom is -0.506 e. The maximum atomic E-state index is 13.4. The Balaban J connectivity index is 2.02. The number of benzene rings is 2. The lowest BCUT2D eigenvalue weighted by atomic mass is 10.1. The maximum absolute atomic E-state index is 13.4. The van der Waals surface area contributed by atoms with E-state index in [0.717, 1.165) is 6.42 Å². The number of aryl methyl sites for hydroxylation is 1. The number of fused-ring (bicyclic) bond motifs is 2. The lowest BCUT2D eigenvalue weighted by Gasteiger charge is -2.20. The number of aromatic nitrogens is 1. The second-order valence-electron chi connectivity index (χ2n) is 7.81. The first-order chi connectivity index (χ1) is 14.2. The number of rotatable bonds is 4. The second kappa shape index (κ2) is 7.56. The lowest BCUT2D eigenvalue weighted by Crippen LogP contribution is -2.31. The third kappa shape index (κ3) is 3.52. The largest absolute Gasteiger partial charge is 0.506 e. The van der Waals surface area contributed by atoms with Crippen LogP contribution in [0.4, 0.5) is 5.69 Å². The Morgan fingerprint density at radius 1 is 1.20 bits per heavy atom. The third-order valence-corrected chi connectivity index (χ3v) is 7.11. The van der Waals surface area contributed by atoms with Gasteiger partial charge in [0.05, 0.1) is 27.6 Å². The summed E-state index contributed by atoms with van der Waals surface area (Å²) in [5.41, 5.74) is 0.294. The molecule has 0 saturated heterocycles. The molecular weight excluding hydrogens is 424 g/mol. The first-order valence-electron chi connectivity index (χ1n) is 9.64. The molecule has 1 N–H and O–H groups in total. The number of aliphatic imine (C=N–C) groups is 1. The molecular formula is C22H21ClN2O4S. The first-order valence-corrected chi connectivity index (χ1v) is 11.7. The highest BCUT2D eigenvalue weighted by Gasteiger charge is 2.31. The molecule has 156 valence electrons. The van der Waals surface area contributed by atoms with E-state index in [4.69, 9.17) is 11.6 Å². The number of hydrogen-bond donors (Lipinski definition) is 1. The van der Waals surface area contributed by atoms with Crippen molar-refractivity contribution < 1.29 is 13.5 Å². The monoisotopic (exact) mass is 444 g/mol. The highest BCUT2D eigenvalue weighted by Crippen LogP contribution is 2.34. The van der Waals surface area contributed by atoms with Gasteiger partial charge in [0.25, 0.3) is 5.56 Å². The Labute approximate surface area is 179 Å². The number of aromatic hydroxyl groups is 1. The van der Waals surface area contributed by atoms with Gasteiger partial charge in [0, 0.05) is 17.0 Å². The third-order valence-electron chi connectivity index (χ3n) is 5.20. The van der Waals surface area contributed by atoms with Gasteiger partial charge in [0.1, 0.15) is 11.3 Å². The van der Waals surface area contributed by atoms with E-state index < -0.39 is 21.1 Å². The molecule has 0 amide bonds. The van der Waals surface area contributed by atoms with Gasteiger partial charge in [-0.3, -0.25) is 9.79 Å². The molecule has 0 saturated carbocycles. The first kappa shape index (κ1) is 20.6.